The van der Waals surface area contributed by atoms with Crippen LogP contribution in [0.15, 0.2) is 28.7 Å². The molecule has 3 N–H and O–H groups in total. The third-order valence-electron chi connectivity index (χ3n) is 6.32. The second kappa shape index (κ2) is 9.63. The van der Waals surface area contributed by atoms with Gasteiger partial charge in [0.25, 0.3) is 11.8 Å². The number of carbonyl (C=O) groups is 2. The first-order valence-electron chi connectivity index (χ1n) is 11.4. The molecule has 198 valence electrons. The zero-order chi connectivity index (χ0) is 27.1. The van der Waals surface area contributed by atoms with Gasteiger partial charge in [0, 0.05) is 44.2 Å². The van der Waals surface area contributed by atoms with Gasteiger partial charge in [-0.15, -0.1) is 0 Å². The van der Waals surface area contributed by atoms with E-state index in [-0.39, 0.29) is 59.4 Å². The Morgan fingerprint density at radius 1 is 1.08 bits per heavy atom. The summed E-state index contributed by atoms with van der Waals surface area (Å²) in [6.45, 7) is 4.30. The van der Waals surface area contributed by atoms with Gasteiger partial charge in [-0.25, -0.2) is 9.97 Å². The Morgan fingerprint density at radius 2 is 1.73 bits per heavy atom. The second-order valence-electron chi connectivity index (χ2n) is 9.02. The van der Waals surface area contributed by atoms with Crippen LogP contribution >= 0.6 is 0 Å². The highest BCUT2D eigenvalue weighted by molar-refractivity contribution is 5.98. The molecule has 0 saturated carbocycles. The number of nitrogens with zero attached hydrogens (tertiary/aromatic N) is 4. The average molecular weight is 521 g/mol. The van der Waals surface area contributed by atoms with E-state index in [0.717, 1.165) is 12.1 Å². The number of oxazole rings is 1. The Hall–Kier alpha value is -3.71. The number of carbonyl (C=O) groups excluding carboxylic acids is 2. The van der Waals surface area contributed by atoms with Crippen molar-refractivity contribution in [3.05, 3.63) is 41.4 Å². The number of pyridine rings is 1. The molecule has 0 unspecified atom stereocenters. The number of phenols is 1. The number of aromatic nitrogens is 2. The van der Waals surface area contributed by atoms with Gasteiger partial charge in [-0.2, -0.15) is 13.2 Å². The summed E-state index contributed by atoms with van der Waals surface area (Å²) >= 11 is 0. The number of nitrogens with two attached hydrogens (primary N) is 1. The molecule has 37 heavy (non-hydrogen) atoms. The molecule has 10 nitrogen and oxygen atoms in total. The number of hydrogen-bond donors (Lipinski definition) is 2. The van der Waals surface area contributed by atoms with Crippen molar-refractivity contribution in [2.75, 3.05) is 33.3 Å². The number of amides is 2. The predicted octanol–water partition coefficient (Wildman–Crippen LogP) is 2.78. The molecule has 13 heteroatoms. The summed E-state index contributed by atoms with van der Waals surface area (Å²) in [4.78, 5) is 36.9. The number of alkyl halides is 3. The van der Waals surface area contributed by atoms with Crippen molar-refractivity contribution >= 4 is 22.7 Å². The van der Waals surface area contributed by atoms with Crippen LogP contribution in [0.1, 0.15) is 35.8 Å². The first-order chi connectivity index (χ1) is 17.4. The largest absolute Gasteiger partial charge is 0.506 e. The molecule has 1 saturated heterocycles. The second-order valence-corrected chi connectivity index (χ2v) is 9.02. The summed E-state index contributed by atoms with van der Waals surface area (Å²) in [5, 5.41) is 10.3. The van der Waals surface area contributed by atoms with Crippen molar-refractivity contribution in [3.8, 4) is 17.2 Å². The van der Waals surface area contributed by atoms with E-state index in [1.54, 1.807) is 18.7 Å². The van der Waals surface area contributed by atoms with Crippen LogP contribution in [0.3, 0.4) is 0 Å². The molecule has 0 aliphatic carbocycles. The van der Waals surface area contributed by atoms with Crippen molar-refractivity contribution in [3.63, 3.8) is 0 Å². The number of rotatable bonds is 5. The first-order valence-corrected chi connectivity index (χ1v) is 11.4. The fraction of sp³-hybridized carbons (Fsp3) is 0.417. The lowest BCUT2D eigenvalue weighted by molar-refractivity contribution is -0.152. The molecule has 0 bridgehead atoms. The molecule has 0 atom stereocenters. The maximum absolute atomic E-state index is 13.3. The Balaban J connectivity index is 1.62. The Kier molecular flexibility index (Phi) is 6.86. The minimum atomic E-state index is -4.69. The summed E-state index contributed by atoms with van der Waals surface area (Å²) < 4.78 is 50.4. The van der Waals surface area contributed by atoms with Gasteiger partial charge in [0.1, 0.15) is 22.6 Å². The number of benzene rings is 1. The van der Waals surface area contributed by atoms with Gasteiger partial charge in [-0.3, -0.25) is 9.59 Å². The zero-order valence-corrected chi connectivity index (χ0v) is 20.4. The maximum Gasteiger partial charge on any atom is 0.433 e. The van der Waals surface area contributed by atoms with E-state index in [1.807, 2.05) is 0 Å². The molecule has 1 aliphatic heterocycles. The molecule has 1 aliphatic rings. The van der Waals surface area contributed by atoms with Crippen LogP contribution in [0.25, 0.3) is 22.4 Å². The van der Waals surface area contributed by atoms with Crippen LogP contribution in [-0.2, 0) is 22.3 Å². The summed E-state index contributed by atoms with van der Waals surface area (Å²) in [5.41, 5.74) is 3.56. The number of hydrogen-bond acceptors (Lipinski definition) is 8. The fourth-order valence-corrected chi connectivity index (χ4v) is 4.05. The van der Waals surface area contributed by atoms with E-state index in [1.165, 1.54) is 24.1 Å². The van der Waals surface area contributed by atoms with Gasteiger partial charge in [-0.05, 0) is 38.1 Å². The van der Waals surface area contributed by atoms with E-state index in [9.17, 15) is 27.9 Å². The number of ether oxygens (including phenoxy) is 1. The first kappa shape index (κ1) is 26.4. The molecule has 3 heterocycles. The summed E-state index contributed by atoms with van der Waals surface area (Å²) in [6, 6.07) is 4.53. The van der Waals surface area contributed by atoms with Crippen LogP contribution in [0.4, 0.5) is 13.2 Å². The van der Waals surface area contributed by atoms with E-state index in [2.05, 4.69) is 9.97 Å². The quantitative estimate of drug-likeness (QED) is 0.523. The van der Waals surface area contributed by atoms with E-state index in [4.69, 9.17) is 14.9 Å². The highest BCUT2D eigenvalue weighted by atomic mass is 19.4. The van der Waals surface area contributed by atoms with Gasteiger partial charge in [0.2, 0.25) is 5.89 Å². The van der Waals surface area contributed by atoms with Crippen molar-refractivity contribution in [2.45, 2.75) is 32.2 Å². The van der Waals surface area contributed by atoms with Crippen molar-refractivity contribution in [1.29, 1.82) is 0 Å². The third-order valence-corrected chi connectivity index (χ3v) is 6.32. The highest BCUT2D eigenvalue weighted by Crippen LogP contribution is 2.36. The van der Waals surface area contributed by atoms with Crippen LogP contribution in [0, 0.1) is 0 Å². The minimum absolute atomic E-state index is 0.0319. The van der Waals surface area contributed by atoms with Gasteiger partial charge < -0.3 is 29.8 Å². The summed E-state index contributed by atoms with van der Waals surface area (Å²) in [6.07, 6.45) is -4.69. The number of piperazine rings is 1. The van der Waals surface area contributed by atoms with Crippen LogP contribution in [0.2, 0.25) is 0 Å². The van der Waals surface area contributed by atoms with Gasteiger partial charge in [0.15, 0.2) is 11.5 Å². The zero-order valence-electron chi connectivity index (χ0n) is 20.4. The molecular weight excluding hydrogens is 495 g/mol. The lowest BCUT2D eigenvalue weighted by Gasteiger charge is -2.37. The van der Waals surface area contributed by atoms with E-state index >= 15 is 0 Å². The lowest BCUT2D eigenvalue weighted by atomic mass is 10.1. The predicted molar refractivity (Wildman–Crippen MR) is 125 cm³/mol. The molecule has 2 aromatic heterocycles. The highest BCUT2D eigenvalue weighted by Gasteiger charge is 2.36. The average Bonchev–Trinajstić information content (AvgIpc) is 3.31. The number of methoxy groups -OCH3 is 1. The number of halogens is 3. The normalized spacial score (nSPS) is 14.9. The number of phenolic OH excluding ortho intramolecular Hbond substituents is 1. The molecule has 0 spiro atoms. The molecule has 0 radical (unpaired) electrons. The third kappa shape index (κ3) is 4.96. The Bertz CT molecular complexity index is 1350. The van der Waals surface area contributed by atoms with Crippen molar-refractivity contribution in [1.82, 2.24) is 19.8 Å². The maximum atomic E-state index is 13.3. The van der Waals surface area contributed by atoms with Crippen molar-refractivity contribution < 1.29 is 37.0 Å². The fourth-order valence-electron chi connectivity index (χ4n) is 4.05. The topological polar surface area (TPSA) is 135 Å². The summed E-state index contributed by atoms with van der Waals surface area (Å²) in [7, 11) is 1.46. The molecular formula is C24H26F3N5O5. The van der Waals surface area contributed by atoms with E-state index in [0.29, 0.717) is 13.1 Å². The summed E-state index contributed by atoms with van der Waals surface area (Å²) in [5.74, 6) is -1.04. The number of fused-ring (bicyclic) bond motifs is 1. The van der Waals surface area contributed by atoms with Crippen LogP contribution in [-0.4, -0.2) is 75.6 Å². The molecule has 2 amide bonds. The Labute approximate surface area is 209 Å². The molecule has 1 fully saturated rings. The SMILES string of the molecule is COC(C)(C)C(=O)N1CCN(C(=O)c2nc(-c3ccc(O)c4nc(C(F)(F)F)ccc34)oc2CN)CC1. The van der Waals surface area contributed by atoms with Gasteiger partial charge >= 0.3 is 6.18 Å². The standard InChI is InChI=1S/C24H26F3N5O5/c1-23(2,36-3)22(35)32-10-8-31(9-11-32)21(34)19-16(12-28)37-20(30-19)14-4-6-15(33)18-13(14)5-7-17(29-18)24(25,26)27/h4-7,33H,8-12,28H2,1-3H3. The molecule has 4 rings (SSSR count). The molecule has 3 aromatic rings. The Morgan fingerprint density at radius 3 is 2.32 bits per heavy atom. The smallest absolute Gasteiger partial charge is 0.433 e. The van der Waals surface area contributed by atoms with Crippen molar-refractivity contribution in [2.24, 2.45) is 5.73 Å². The van der Waals surface area contributed by atoms with Crippen LogP contribution in [0.5, 0.6) is 5.75 Å². The van der Waals surface area contributed by atoms with Crippen LogP contribution < -0.4 is 5.73 Å². The molecule has 1 aromatic carbocycles. The minimum Gasteiger partial charge on any atom is -0.506 e. The van der Waals surface area contributed by atoms with Gasteiger partial charge in [0.05, 0.1) is 6.54 Å². The lowest BCUT2D eigenvalue weighted by Crippen LogP contribution is -2.55. The number of aromatic hydroxyl groups is 1. The monoisotopic (exact) mass is 521 g/mol. The van der Waals surface area contributed by atoms with Gasteiger partial charge in [-0.1, -0.05) is 0 Å². The van der Waals surface area contributed by atoms with E-state index < -0.39 is 29.1 Å².